The second kappa shape index (κ2) is 6.18. The lowest BCUT2D eigenvalue weighted by Gasteiger charge is -2.21. The Labute approximate surface area is 127 Å². The Morgan fingerprint density at radius 3 is 2.90 bits per heavy atom. The zero-order valence-electron chi connectivity index (χ0n) is 11.7. The van der Waals surface area contributed by atoms with Crippen molar-refractivity contribution in [2.75, 3.05) is 29.1 Å². The first-order valence-electron chi connectivity index (χ1n) is 7.14. The van der Waals surface area contributed by atoms with E-state index in [0.717, 1.165) is 34.9 Å². The maximum Gasteiger partial charge on any atom is 0.223 e. The number of anilines is 2. The Balaban J connectivity index is 1.80. The van der Waals surface area contributed by atoms with Crippen molar-refractivity contribution < 1.29 is 0 Å². The minimum absolute atomic E-state index is 0.365. The maximum absolute atomic E-state index is 5.83. The van der Waals surface area contributed by atoms with Crippen LogP contribution in [0.5, 0.6) is 0 Å². The van der Waals surface area contributed by atoms with Crippen LogP contribution in [0, 0.1) is 5.92 Å². The highest BCUT2D eigenvalue weighted by Gasteiger charge is 2.15. The number of nitrogens with zero attached hydrogens (tertiary/aromatic N) is 2. The molecule has 0 spiro atoms. The molecule has 3 heterocycles. The second-order valence-electron chi connectivity index (χ2n) is 5.15. The van der Waals surface area contributed by atoms with E-state index in [-0.39, 0.29) is 0 Å². The van der Waals surface area contributed by atoms with Crippen molar-refractivity contribution in [2.45, 2.75) is 26.2 Å². The lowest BCUT2D eigenvalue weighted by Crippen LogP contribution is -2.19. The molecule has 3 rings (SSSR count). The van der Waals surface area contributed by atoms with Crippen LogP contribution in [0.3, 0.4) is 0 Å². The van der Waals surface area contributed by atoms with Gasteiger partial charge in [-0.15, -0.1) is 11.3 Å². The van der Waals surface area contributed by atoms with E-state index >= 15 is 0 Å². The Kier molecular flexibility index (Phi) is 4.31. The predicted molar refractivity (Wildman–Crippen MR) is 89.7 cm³/mol. The van der Waals surface area contributed by atoms with E-state index in [2.05, 4.69) is 40.0 Å². The Hall–Kier alpha value is -1.01. The Morgan fingerprint density at radius 1 is 1.35 bits per heavy atom. The normalized spacial score (nSPS) is 16.6. The molecule has 108 valence electrons. The molecule has 0 bridgehead atoms. The molecule has 0 saturated carbocycles. The average Bonchev–Trinajstić information content (AvgIpc) is 2.88. The molecule has 2 aromatic rings. The number of nitrogens with two attached hydrogens (primary N) is 1. The van der Waals surface area contributed by atoms with Crippen molar-refractivity contribution in [1.29, 1.82) is 0 Å². The van der Waals surface area contributed by atoms with Gasteiger partial charge in [-0.25, -0.2) is 4.98 Å². The molecule has 1 aliphatic rings. The van der Waals surface area contributed by atoms with E-state index in [1.807, 2.05) is 0 Å². The van der Waals surface area contributed by atoms with E-state index in [1.165, 1.54) is 29.2 Å². The largest absolute Gasteiger partial charge is 0.369 e. The Morgan fingerprint density at radius 2 is 2.15 bits per heavy atom. The van der Waals surface area contributed by atoms with E-state index in [1.54, 1.807) is 11.3 Å². The van der Waals surface area contributed by atoms with Crippen LogP contribution >= 0.6 is 23.1 Å². The van der Waals surface area contributed by atoms with E-state index in [9.17, 15) is 0 Å². The minimum atomic E-state index is 0.365. The minimum Gasteiger partial charge on any atom is -0.369 e. The zero-order valence-corrected chi connectivity index (χ0v) is 13.3. The maximum atomic E-state index is 5.83. The summed E-state index contributed by atoms with van der Waals surface area (Å²) in [6.07, 6.45) is 3.62. The molecule has 0 aliphatic carbocycles. The smallest absolute Gasteiger partial charge is 0.223 e. The average molecular weight is 308 g/mol. The molecule has 1 saturated heterocycles. The lowest BCUT2D eigenvalue weighted by molar-refractivity contribution is 0.516. The number of thiophene rings is 1. The van der Waals surface area contributed by atoms with Crippen molar-refractivity contribution in [1.82, 2.24) is 9.97 Å². The van der Waals surface area contributed by atoms with Gasteiger partial charge in [-0.1, -0.05) is 6.92 Å². The molecule has 1 aliphatic heterocycles. The third kappa shape index (κ3) is 3.01. The molecule has 0 aromatic carbocycles. The summed E-state index contributed by atoms with van der Waals surface area (Å²) in [6, 6.07) is 2.19. The monoisotopic (exact) mass is 308 g/mol. The van der Waals surface area contributed by atoms with Crippen molar-refractivity contribution in [2.24, 2.45) is 5.92 Å². The van der Waals surface area contributed by atoms with Gasteiger partial charge in [0.25, 0.3) is 0 Å². The van der Waals surface area contributed by atoms with E-state index in [0.29, 0.717) is 5.95 Å². The first-order chi connectivity index (χ1) is 9.76. The number of thioether (sulfide) groups is 1. The van der Waals surface area contributed by atoms with Gasteiger partial charge < -0.3 is 11.1 Å². The number of nitrogens with one attached hydrogen (secondary N) is 1. The molecule has 3 N–H and O–H groups in total. The van der Waals surface area contributed by atoms with Gasteiger partial charge in [0.2, 0.25) is 5.95 Å². The van der Waals surface area contributed by atoms with Crippen molar-refractivity contribution in [3.63, 3.8) is 0 Å². The standard InChI is InChI=1S/C14H20N4S2/c1-2-10-7-11-12(17-14(15)18-13(11)20-10)16-8-9-3-5-19-6-4-9/h7,9H,2-6,8H2,1H3,(H3,15,16,17,18). The van der Waals surface area contributed by atoms with Crippen LogP contribution in [-0.2, 0) is 6.42 Å². The summed E-state index contributed by atoms with van der Waals surface area (Å²) in [5.41, 5.74) is 5.83. The van der Waals surface area contributed by atoms with E-state index in [4.69, 9.17) is 5.73 Å². The summed E-state index contributed by atoms with van der Waals surface area (Å²) >= 11 is 3.77. The number of rotatable bonds is 4. The van der Waals surface area contributed by atoms with Crippen molar-refractivity contribution in [3.05, 3.63) is 10.9 Å². The van der Waals surface area contributed by atoms with Crippen LogP contribution in [0.1, 0.15) is 24.6 Å². The summed E-state index contributed by atoms with van der Waals surface area (Å²) in [6.45, 7) is 3.15. The number of hydrogen-bond donors (Lipinski definition) is 2. The number of fused-ring (bicyclic) bond motifs is 1. The van der Waals surface area contributed by atoms with Crippen LogP contribution in [0.4, 0.5) is 11.8 Å². The first-order valence-corrected chi connectivity index (χ1v) is 9.11. The summed E-state index contributed by atoms with van der Waals surface area (Å²) in [7, 11) is 0. The second-order valence-corrected chi connectivity index (χ2v) is 7.49. The van der Waals surface area contributed by atoms with E-state index < -0.39 is 0 Å². The van der Waals surface area contributed by atoms with Crippen molar-refractivity contribution >= 4 is 45.1 Å². The number of aryl methyl sites for hydroxylation is 1. The zero-order chi connectivity index (χ0) is 13.9. The molecule has 20 heavy (non-hydrogen) atoms. The summed E-state index contributed by atoms with van der Waals surface area (Å²) in [4.78, 5) is 11.1. The van der Waals surface area contributed by atoms with Crippen molar-refractivity contribution in [3.8, 4) is 0 Å². The third-order valence-corrected chi connectivity index (χ3v) is 5.93. The van der Waals surface area contributed by atoms with Crippen LogP contribution in [-0.4, -0.2) is 28.0 Å². The summed E-state index contributed by atoms with van der Waals surface area (Å²) in [5.74, 6) is 4.59. The van der Waals surface area contributed by atoms with Crippen LogP contribution in [0.25, 0.3) is 10.2 Å². The highest BCUT2D eigenvalue weighted by molar-refractivity contribution is 7.99. The Bertz CT molecular complexity index is 590. The molecule has 0 unspecified atom stereocenters. The SMILES string of the molecule is CCc1cc2c(NCC3CCSCC3)nc(N)nc2s1. The summed E-state index contributed by atoms with van der Waals surface area (Å²) < 4.78 is 0. The fourth-order valence-corrected chi connectivity index (χ4v) is 4.67. The van der Waals surface area contributed by atoms with Gasteiger partial charge in [-0.3, -0.25) is 0 Å². The highest BCUT2D eigenvalue weighted by atomic mass is 32.2. The van der Waals surface area contributed by atoms with Crippen LogP contribution in [0.15, 0.2) is 6.07 Å². The van der Waals surface area contributed by atoms with Crippen LogP contribution < -0.4 is 11.1 Å². The van der Waals surface area contributed by atoms with Gasteiger partial charge in [0, 0.05) is 11.4 Å². The molecule has 0 amide bonds. The molecule has 2 aromatic heterocycles. The molecule has 4 nitrogen and oxygen atoms in total. The van der Waals surface area contributed by atoms with Gasteiger partial charge in [0.05, 0.1) is 5.39 Å². The number of aromatic nitrogens is 2. The lowest BCUT2D eigenvalue weighted by atomic mass is 10.0. The van der Waals surface area contributed by atoms with Gasteiger partial charge in [0.15, 0.2) is 0 Å². The molecule has 6 heteroatoms. The number of nitrogen functional groups attached to an aromatic ring is 1. The van der Waals surface area contributed by atoms with Crippen LogP contribution in [0.2, 0.25) is 0 Å². The highest BCUT2D eigenvalue weighted by Crippen LogP contribution is 2.30. The van der Waals surface area contributed by atoms with Gasteiger partial charge in [-0.05, 0) is 42.8 Å². The fraction of sp³-hybridized carbons (Fsp3) is 0.571. The van der Waals surface area contributed by atoms with Gasteiger partial charge in [-0.2, -0.15) is 16.7 Å². The molecule has 0 atom stereocenters. The predicted octanol–water partition coefficient (Wildman–Crippen LogP) is 3.39. The molecular weight excluding hydrogens is 288 g/mol. The van der Waals surface area contributed by atoms with Gasteiger partial charge >= 0.3 is 0 Å². The topological polar surface area (TPSA) is 63.8 Å². The first kappa shape index (κ1) is 13.9. The number of hydrogen-bond acceptors (Lipinski definition) is 6. The fourth-order valence-electron chi connectivity index (χ4n) is 2.49. The summed E-state index contributed by atoms with van der Waals surface area (Å²) in [5, 5.41) is 4.62. The van der Waals surface area contributed by atoms with Gasteiger partial charge in [0.1, 0.15) is 10.6 Å². The quantitative estimate of drug-likeness (QED) is 0.906. The third-order valence-electron chi connectivity index (χ3n) is 3.71. The molecule has 1 fully saturated rings. The molecular formula is C14H20N4S2. The molecule has 0 radical (unpaired) electrons.